The molecule has 2 aliphatic heterocycles. The van der Waals surface area contributed by atoms with Crippen LogP contribution in [0.5, 0.6) is 5.88 Å². The van der Waals surface area contributed by atoms with Crippen molar-refractivity contribution >= 4 is 29.0 Å². The highest BCUT2D eigenvalue weighted by Gasteiger charge is 2.32. The number of hydrogen-bond acceptors (Lipinski definition) is 7. The number of anilines is 3. The zero-order chi connectivity index (χ0) is 22.5. The first kappa shape index (κ1) is 20.5. The average Bonchev–Trinajstić information content (AvgIpc) is 3.35. The summed E-state index contributed by atoms with van der Waals surface area (Å²) < 4.78 is 7.16. The summed E-state index contributed by atoms with van der Waals surface area (Å²) in [7, 11) is 1.54. The second-order valence-electron chi connectivity index (χ2n) is 8.94. The third-order valence-corrected chi connectivity index (χ3v) is 5.96. The van der Waals surface area contributed by atoms with Gasteiger partial charge in [-0.3, -0.25) is 14.6 Å². The Balaban J connectivity index is 1.40. The van der Waals surface area contributed by atoms with E-state index in [1.807, 2.05) is 13.1 Å². The zero-order valence-corrected chi connectivity index (χ0v) is 18.8. The van der Waals surface area contributed by atoms with Gasteiger partial charge in [-0.2, -0.15) is 4.98 Å². The molecule has 2 amide bonds. The molecule has 0 aromatic carbocycles. The highest BCUT2D eigenvalue weighted by molar-refractivity contribution is 6.02. The molecule has 32 heavy (non-hydrogen) atoms. The van der Waals surface area contributed by atoms with Gasteiger partial charge in [-0.1, -0.05) is 0 Å². The van der Waals surface area contributed by atoms with Gasteiger partial charge < -0.3 is 15.0 Å². The minimum atomic E-state index is -0.264. The van der Waals surface area contributed by atoms with E-state index < -0.39 is 0 Å². The van der Waals surface area contributed by atoms with E-state index in [9.17, 15) is 4.79 Å². The summed E-state index contributed by atoms with van der Waals surface area (Å²) in [6.45, 7) is 9.65. The van der Waals surface area contributed by atoms with Crippen LogP contribution in [0.2, 0.25) is 0 Å². The van der Waals surface area contributed by atoms with Crippen molar-refractivity contribution in [2.24, 2.45) is 0 Å². The summed E-state index contributed by atoms with van der Waals surface area (Å²) in [6.07, 6.45) is 6.16. The monoisotopic (exact) mass is 436 g/mol. The van der Waals surface area contributed by atoms with Crippen LogP contribution in [0.25, 0.3) is 5.65 Å². The summed E-state index contributed by atoms with van der Waals surface area (Å²) in [6, 6.07) is 1.79. The van der Waals surface area contributed by atoms with Gasteiger partial charge >= 0.3 is 6.03 Å². The number of hydrogen-bond donors (Lipinski definition) is 2. The van der Waals surface area contributed by atoms with Gasteiger partial charge in [-0.25, -0.2) is 14.8 Å². The van der Waals surface area contributed by atoms with Crippen LogP contribution in [0.3, 0.4) is 0 Å². The number of nitrogens with one attached hydrogen (secondary N) is 2. The molecule has 0 atom stereocenters. The lowest BCUT2D eigenvalue weighted by molar-refractivity contribution is 0.257. The van der Waals surface area contributed by atoms with Gasteiger partial charge in [0.05, 0.1) is 19.0 Å². The lowest BCUT2D eigenvalue weighted by atomic mass is 10.0. The number of piperazine rings is 1. The Bertz CT molecular complexity index is 1190. The highest BCUT2D eigenvalue weighted by atomic mass is 16.5. The van der Waals surface area contributed by atoms with Gasteiger partial charge in [0.25, 0.3) is 5.88 Å². The van der Waals surface area contributed by atoms with Crippen molar-refractivity contribution in [1.82, 2.24) is 24.7 Å². The fraction of sp³-hybridized carbons (Fsp3) is 0.455. The molecule has 0 radical (unpaired) electrons. The molecule has 1 fully saturated rings. The van der Waals surface area contributed by atoms with Gasteiger partial charge in [0.15, 0.2) is 5.82 Å². The number of ether oxygens (including phenoxy) is 1. The number of imidazole rings is 1. The Morgan fingerprint density at radius 3 is 2.88 bits per heavy atom. The molecule has 2 N–H and O–H groups in total. The van der Waals surface area contributed by atoms with Crippen molar-refractivity contribution in [1.29, 1.82) is 0 Å². The van der Waals surface area contributed by atoms with E-state index in [1.165, 1.54) is 7.11 Å². The van der Waals surface area contributed by atoms with E-state index in [2.05, 4.69) is 50.4 Å². The van der Waals surface area contributed by atoms with Gasteiger partial charge in [0.2, 0.25) is 5.65 Å². The summed E-state index contributed by atoms with van der Waals surface area (Å²) in [5.41, 5.74) is 3.77. The third-order valence-electron chi connectivity index (χ3n) is 5.96. The predicted octanol–water partition coefficient (Wildman–Crippen LogP) is 2.22. The van der Waals surface area contributed by atoms with Crippen molar-refractivity contribution in [3.63, 3.8) is 0 Å². The zero-order valence-electron chi connectivity index (χ0n) is 18.8. The number of carbonyl (C=O) groups is 1. The first-order chi connectivity index (χ1) is 15.3. The number of amides is 2. The maximum atomic E-state index is 13.2. The molecule has 3 aromatic rings. The number of rotatable bonds is 3. The molecule has 0 bridgehead atoms. The maximum absolute atomic E-state index is 13.2. The fourth-order valence-corrected chi connectivity index (χ4v) is 4.58. The van der Waals surface area contributed by atoms with Gasteiger partial charge in [0.1, 0.15) is 5.82 Å². The van der Waals surface area contributed by atoms with E-state index >= 15 is 0 Å². The lowest BCUT2D eigenvalue weighted by Gasteiger charge is -2.41. The highest BCUT2D eigenvalue weighted by Crippen LogP contribution is 2.35. The molecule has 5 rings (SSSR count). The van der Waals surface area contributed by atoms with E-state index in [4.69, 9.17) is 4.74 Å². The normalized spacial score (nSPS) is 17.5. The van der Waals surface area contributed by atoms with E-state index in [0.717, 1.165) is 43.0 Å². The summed E-state index contributed by atoms with van der Waals surface area (Å²) >= 11 is 0. The minimum Gasteiger partial charge on any atom is -0.478 e. The van der Waals surface area contributed by atoms with Crippen LogP contribution in [0.15, 0.2) is 24.7 Å². The summed E-state index contributed by atoms with van der Waals surface area (Å²) in [4.78, 5) is 30.6. The molecule has 168 valence electrons. The van der Waals surface area contributed by atoms with Crippen molar-refractivity contribution in [2.45, 2.75) is 32.7 Å². The smallest absolute Gasteiger partial charge is 0.328 e. The first-order valence-corrected chi connectivity index (χ1v) is 10.8. The standard InChI is InChI=1S/C22H28N8O2/c1-14-11-29-12-17(26-20(32-4)19(29)25-14)27-21(31)30-9-6-15-16(5-7-23-18(15)30)28-10-8-24-22(2,3)13-28/h5,7,11-12,24H,6,8-10,13H2,1-4H3,(H,27,31). The van der Waals surface area contributed by atoms with Crippen molar-refractivity contribution in [3.8, 4) is 5.88 Å². The van der Waals surface area contributed by atoms with Crippen molar-refractivity contribution < 1.29 is 9.53 Å². The van der Waals surface area contributed by atoms with Crippen LogP contribution >= 0.6 is 0 Å². The topological polar surface area (TPSA) is 99.9 Å². The Kier molecular flexibility index (Phi) is 4.89. The van der Waals surface area contributed by atoms with Crippen LogP contribution in [-0.4, -0.2) is 64.2 Å². The molecule has 5 heterocycles. The Hall–Kier alpha value is -3.40. The Morgan fingerprint density at radius 1 is 1.25 bits per heavy atom. The number of carbonyl (C=O) groups excluding carboxylic acids is 1. The third kappa shape index (κ3) is 3.60. The first-order valence-electron chi connectivity index (χ1n) is 10.8. The number of aryl methyl sites for hydroxylation is 1. The number of nitrogens with zero attached hydrogens (tertiary/aromatic N) is 6. The number of fused-ring (bicyclic) bond motifs is 2. The van der Waals surface area contributed by atoms with E-state index in [-0.39, 0.29) is 11.6 Å². The maximum Gasteiger partial charge on any atom is 0.328 e. The Labute approximate surface area is 186 Å². The second kappa shape index (κ2) is 7.63. The molecule has 1 saturated heterocycles. The van der Waals surface area contributed by atoms with Gasteiger partial charge in [-0.05, 0) is 33.3 Å². The molecule has 10 nitrogen and oxygen atoms in total. The molecule has 3 aromatic heterocycles. The largest absolute Gasteiger partial charge is 0.478 e. The molecular weight excluding hydrogens is 408 g/mol. The van der Waals surface area contributed by atoms with Crippen LogP contribution in [-0.2, 0) is 6.42 Å². The second-order valence-corrected chi connectivity index (χ2v) is 8.94. The van der Waals surface area contributed by atoms with Crippen molar-refractivity contribution in [3.05, 3.63) is 35.9 Å². The SMILES string of the molecule is COc1nc(NC(=O)N2CCc3c(N4CCNC(C)(C)C4)ccnc32)cn2cc(C)nc12. The molecule has 10 heteroatoms. The molecule has 0 saturated carbocycles. The van der Waals surface area contributed by atoms with Gasteiger partial charge in [0, 0.05) is 55.4 Å². The minimum absolute atomic E-state index is 0.0408. The Morgan fingerprint density at radius 2 is 2.09 bits per heavy atom. The van der Waals surface area contributed by atoms with Crippen molar-refractivity contribution in [2.75, 3.05) is 48.4 Å². The number of urea groups is 1. The molecule has 2 aliphatic rings. The molecular formula is C22H28N8O2. The van der Waals surface area contributed by atoms with Crippen LogP contribution in [0, 0.1) is 6.92 Å². The fourth-order valence-electron chi connectivity index (χ4n) is 4.58. The average molecular weight is 437 g/mol. The van der Waals surface area contributed by atoms with Crippen LogP contribution in [0.1, 0.15) is 25.1 Å². The van der Waals surface area contributed by atoms with Gasteiger partial charge in [-0.15, -0.1) is 0 Å². The predicted molar refractivity (Wildman–Crippen MR) is 123 cm³/mol. The number of aromatic nitrogens is 4. The summed E-state index contributed by atoms with van der Waals surface area (Å²) in [5.74, 6) is 1.47. The lowest BCUT2D eigenvalue weighted by Crippen LogP contribution is -2.57. The van der Waals surface area contributed by atoms with E-state index in [0.29, 0.717) is 29.7 Å². The molecule has 0 unspecified atom stereocenters. The molecule has 0 spiro atoms. The van der Waals surface area contributed by atoms with Crippen LogP contribution < -0.4 is 25.2 Å². The summed E-state index contributed by atoms with van der Waals surface area (Å²) in [5, 5.41) is 6.44. The number of pyridine rings is 1. The van der Waals surface area contributed by atoms with Crippen LogP contribution in [0.4, 0.5) is 22.1 Å². The van der Waals surface area contributed by atoms with E-state index in [1.54, 1.807) is 21.7 Å². The molecule has 0 aliphatic carbocycles. The quantitative estimate of drug-likeness (QED) is 0.649. The number of methoxy groups -OCH3 is 1.